The summed E-state index contributed by atoms with van der Waals surface area (Å²) in [6, 6.07) is 11.8. The summed E-state index contributed by atoms with van der Waals surface area (Å²) in [6.45, 7) is 2.48. The molecule has 0 aliphatic carbocycles. The number of nitrogens with one attached hydrogen (secondary N) is 1. The third-order valence-electron chi connectivity index (χ3n) is 5.42. The number of carbonyl (C=O) groups excluding carboxylic acids is 1. The van der Waals surface area contributed by atoms with E-state index in [0.717, 1.165) is 12.0 Å². The highest BCUT2D eigenvalue weighted by Gasteiger charge is 2.38. The lowest BCUT2D eigenvalue weighted by Crippen LogP contribution is -2.37. The van der Waals surface area contributed by atoms with Gasteiger partial charge in [-0.15, -0.1) is 11.3 Å². The van der Waals surface area contributed by atoms with Crippen molar-refractivity contribution < 1.29 is 19.4 Å². The Morgan fingerprint density at radius 3 is 2.94 bits per heavy atom. The number of aliphatic hydroxyl groups is 1. The number of rotatable bonds is 8. The van der Waals surface area contributed by atoms with Gasteiger partial charge >= 0.3 is 0 Å². The fourth-order valence-corrected chi connectivity index (χ4v) is 5.02. The molecule has 1 aromatic carbocycles. The molecule has 0 unspecified atom stereocenters. The zero-order valence-corrected chi connectivity index (χ0v) is 18.2. The molecular formula is C24H26N2O4S. The summed E-state index contributed by atoms with van der Waals surface area (Å²) < 4.78 is 13.2. The van der Waals surface area contributed by atoms with Gasteiger partial charge in [-0.1, -0.05) is 18.2 Å². The first-order valence-electron chi connectivity index (χ1n) is 10.5. The minimum absolute atomic E-state index is 0.0138. The molecule has 3 atom stereocenters. The number of pyridine rings is 1. The average Bonchev–Trinajstić information content (AvgIpc) is 3.22. The summed E-state index contributed by atoms with van der Waals surface area (Å²) in [4.78, 5) is 17.0. The molecule has 1 aliphatic heterocycles. The van der Waals surface area contributed by atoms with Gasteiger partial charge in [-0.3, -0.25) is 9.78 Å². The molecule has 0 bridgehead atoms. The van der Waals surface area contributed by atoms with Gasteiger partial charge in [0.2, 0.25) is 6.29 Å². The topological polar surface area (TPSA) is 80.7 Å². The molecule has 31 heavy (non-hydrogen) atoms. The fraction of sp³-hybridized carbons (Fsp3) is 0.333. The Morgan fingerprint density at radius 1 is 1.29 bits per heavy atom. The highest BCUT2D eigenvalue weighted by Crippen LogP contribution is 2.43. The van der Waals surface area contributed by atoms with Crippen molar-refractivity contribution >= 4 is 33.0 Å². The second kappa shape index (κ2) is 10.0. The second-order valence-electron chi connectivity index (χ2n) is 7.41. The van der Waals surface area contributed by atoms with E-state index < -0.39 is 6.29 Å². The third kappa shape index (κ3) is 4.79. The van der Waals surface area contributed by atoms with Gasteiger partial charge in [0.1, 0.15) is 0 Å². The predicted molar refractivity (Wildman–Crippen MR) is 122 cm³/mol. The van der Waals surface area contributed by atoms with E-state index in [1.54, 1.807) is 35.9 Å². The standard InChI is InChI=1S/C24H26N2O4S/c1-2-29-24-18(9-6-12-27)19(20-15-31-22-10-4-3-8-17(20)22)13-21(30-24)23(28)26-16-7-5-11-25-14-16/h3-5,7-8,10-11,13-15,18-19,24,27H,2,6,9,12H2,1H3,(H,26,28)/t18-,19-,24+/m0/s1. The number of hydrogen-bond acceptors (Lipinski definition) is 6. The van der Waals surface area contributed by atoms with E-state index >= 15 is 0 Å². The van der Waals surface area contributed by atoms with Gasteiger partial charge in [0, 0.05) is 35.9 Å². The van der Waals surface area contributed by atoms with Crippen molar-refractivity contribution in [2.75, 3.05) is 18.5 Å². The van der Waals surface area contributed by atoms with Gasteiger partial charge in [0.05, 0.1) is 11.9 Å². The number of ether oxygens (including phenoxy) is 2. The van der Waals surface area contributed by atoms with Gasteiger partial charge in [-0.05, 0) is 60.4 Å². The van der Waals surface area contributed by atoms with Gasteiger partial charge < -0.3 is 19.9 Å². The Bertz CT molecular complexity index is 1050. The lowest BCUT2D eigenvalue weighted by molar-refractivity contribution is -0.164. The van der Waals surface area contributed by atoms with E-state index in [4.69, 9.17) is 9.47 Å². The zero-order chi connectivity index (χ0) is 21.6. The minimum atomic E-state index is -0.570. The van der Waals surface area contributed by atoms with Gasteiger partial charge in [0.15, 0.2) is 5.76 Å². The van der Waals surface area contributed by atoms with Gasteiger partial charge in [-0.2, -0.15) is 0 Å². The number of fused-ring (bicyclic) bond motifs is 1. The van der Waals surface area contributed by atoms with Crippen LogP contribution >= 0.6 is 11.3 Å². The molecule has 0 radical (unpaired) electrons. The van der Waals surface area contributed by atoms with Crippen LogP contribution in [0.3, 0.4) is 0 Å². The van der Waals surface area contributed by atoms with Crippen LogP contribution in [0, 0.1) is 5.92 Å². The van der Waals surface area contributed by atoms with Crippen LogP contribution in [0.15, 0.2) is 66.0 Å². The van der Waals surface area contributed by atoms with Crippen LogP contribution in [0.2, 0.25) is 0 Å². The molecule has 1 aliphatic rings. The number of allylic oxidation sites excluding steroid dienone is 1. The van der Waals surface area contributed by atoms with Crippen LogP contribution in [0.1, 0.15) is 31.2 Å². The van der Waals surface area contributed by atoms with Crippen LogP contribution in [-0.4, -0.2) is 35.5 Å². The number of carbonyl (C=O) groups is 1. The van der Waals surface area contributed by atoms with Crippen molar-refractivity contribution in [1.29, 1.82) is 0 Å². The van der Waals surface area contributed by atoms with Crippen molar-refractivity contribution in [2.24, 2.45) is 5.92 Å². The number of thiophene rings is 1. The summed E-state index contributed by atoms with van der Waals surface area (Å²) in [7, 11) is 0. The molecule has 0 fully saturated rings. The summed E-state index contributed by atoms with van der Waals surface area (Å²) in [5, 5.41) is 15.6. The van der Waals surface area contributed by atoms with Crippen molar-refractivity contribution in [3.05, 3.63) is 71.6 Å². The molecule has 7 heteroatoms. The van der Waals surface area contributed by atoms with Crippen LogP contribution in [0.25, 0.3) is 10.1 Å². The van der Waals surface area contributed by atoms with Crippen molar-refractivity contribution in [1.82, 2.24) is 4.98 Å². The quantitative estimate of drug-likeness (QED) is 0.534. The summed E-state index contributed by atoms with van der Waals surface area (Å²) in [5.41, 5.74) is 1.76. The van der Waals surface area contributed by atoms with E-state index in [9.17, 15) is 9.90 Å². The Labute approximate surface area is 185 Å². The van der Waals surface area contributed by atoms with Crippen molar-refractivity contribution in [3.8, 4) is 0 Å². The smallest absolute Gasteiger partial charge is 0.290 e. The second-order valence-corrected chi connectivity index (χ2v) is 8.32. The number of aliphatic hydroxyl groups excluding tert-OH is 1. The first-order chi connectivity index (χ1) is 15.2. The Hall–Kier alpha value is -2.74. The molecule has 0 spiro atoms. The molecule has 2 N–H and O–H groups in total. The molecule has 1 amide bonds. The van der Waals surface area contributed by atoms with E-state index in [1.165, 1.54) is 10.1 Å². The zero-order valence-electron chi connectivity index (χ0n) is 17.4. The first kappa shape index (κ1) is 21.5. The SMILES string of the molecule is CCO[C@@H]1OC(C(=O)Nc2cccnc2)=C[C@H](c2csc3ccccc23)[C@@H]1CCCO. The summed E-state index contributed by atoms with van der Waals surface area (Å²) in [6.07, 6.45) is 5.94. The molecule has 4 rings (SSSR count). The molecule has 0 saturated carbocycles. The van der Waals surface area contributed by atoms with Crippen LogP contribution in [0.5, 0.6) is 0 Å². The fourth-order valence-electron chi connectivity index (χ4n) is 4.01. The summed E-state index contributed by atoms with van der Waals surface area (Å²) in [5.74, 6) is -0.173. The molecular weight excluding hydrogens is 412 g/mol. The number of anilines is 1. The Kier molecular flexibility index (Phi) is 6.96. The predicted octanol–water partition coefficient (Wildman–Crippen LogP) is 4.68. The number of benzene rings is 1. The maximum absolute atomic E-state index is 13.0. The van der Waals surface area contributed by atoms with Crippen molar-refractivity contribution in [2.45, 2.75) is 32.0 Å². The molecule has 6 nitrogen and oxygen atoms in total. The highest BCUT2D eigenvalue weighted by molar-refractivity contribution is 7.17. The van der Waals surface area contributed by atoms with Crippen LogP contribution in [-0.2, 0) is 14.3 Å². The number of nitrogens with zero attached hydrogens (tertiary/aromatic N) is 1. The van der Waals surface area contributed by atoms with Gasteiger partial charge in [-0.25, -0.2) is 0 Å². The third-order valence-corrected chi connectivity index (χ3v) is 6.41. The average molecular weight is 439 g/mol. The molecule has 3 aromatic rings. The number of aromatic nitrogens is 1. The van der Waals surface area contributed by atoms with Crippen LogP contribution < -0.4 is 5.32 Å². The normalized spacial score (nSPS) is 20.8. The monoisotopic (exact) mass is 438 g/mol. The Morgan fingerprint density at radius 2 is 2.16 bits per heavy atom. The maximum atomic E-state index is 13.0. The van der Waals surface area contributed by atoms with Crippen molar-refractivity contribution in [3.63, 3.8) is 0 Å². The number of amides is 1. The van der Waals surface area contributed by atoms with Crippen LogP contribution in [0.4, 0.5) is 5.69 Å². The molecule has 3 heterocycles. The molecule has 0 saturated heterocycles. The minimum Gasteiger partial charge on any atom is -0.459 e. The van der Waals surface area contributed by atoms with E-state index in [2.05, 4.69) is 27.8 Å². The lowest BCUT2D eigenvalue weighted by Gasteiger charge is -2.36. The lowest BCUT2D eigenvalue weighted by atomic mass is 9.80. The largest absolute Gasteiger partial charge is 0.459 e. The summed E-state index contributed by atoms with van der Waals surface area (Å²) >= 11 is 1.69. The molecule has 162 valence electrons. The van der Waals surface area contributed by atoms with E-state index in [-0.39, 0.29) is 30.1 Å². The highest BCUT2D eigenvalue weighted by atomic mass is 32.1. The molecule has 2 aromatic heterocycles. The van der Waals surface area contributed by atoms with E-state index in [1.807, 2.05) is 25.1 Å². The van der Waals surface area contributed by atoms with Gasteiger partial charge in [0.25, 0.3) is 5.91 Å². The van der Waals surface area contributed by atoms with E-state index in [0.29, 0.717) is 18.7 Å². The Balaban J connectivity index is 1.72. The maximum Gasteiger partial charge on any atom is 0.290 e. The number of hydrogen-bond donors (Lipinski definition) is 2. The first-order valence-corrected chi connectivity index (χ1v) is 11.4.